The molecule has 2 amide bonds. The van der Waals surface area contributed by atoms with Gasteiger partial charge in [-0.05, 0) is 56.9 Å². The molecule has 0 aliphatic carbocycles. The van der Waals surface area contributed by atoms with Gasteiger partial charge in [-0.15, -0.1) is 11.8 Å². The maximum Gasteiger partial charge on any atom is 0.236 e. The lowest BCUT2D eigenvalue weighted by Crippen LogP contribution is -2.48. The van der Waals surface area contributed by atoms with Crippen LogP contribution in [0.5, 0.6) is 0 Å². The van der Waals surface area contributed by atoms with E-state index in [1.54, 1.807) is 11.8 Å². The van der Waals surface area contributed by atoms with Crippen LogP contribution in [0.3, 0.4) is 0 Å². The molecule has 1 N–H and O–H groups in total. The minimum atomic E-state index is -0.102. The van der Waals surface area contributed by atoms with E-state index in [1.165, 1.54) is 13.3 Å². The van der Waals surface area contributed by atoms with Gasteiger partial charge < -0.3 is 10.2 Å². The molecule has 1 aliphatic heterocycles. The highest BCUT2D eigenvalue weighted by atomic mass is 32.2. The van der Waals surface area contributed by atoms with E-state index in [4.69, 9.17) is 0 Å². The maximum absolute atomic E-state index is 12.7. The standard InChI is InChI=1S/C18H26N2O2S/c1-12-6-5-11-20(13(12)2)18(22)14(3)23-17-9-7-16(8-10-17)19-15(4)21/h7-10,12-14H,5-6,11H2,1-4H3,(H,19,21)/t12-,13-,14+/m0/s1. The lowest BCUT2D eigenvalue weighted by atomic mass is 9.92. The molecule has 126 valence electrons. The lowest BCUT2D eigenvalue weighted by molar-refractivity contribution is -0.134. The summed E-state index contributed by atoms with van der Waals surface area (Å²) in [7, 11) is 0. The molecule has 0 aromatic heterocycles. The number of hydrogen-bond donors (Lipinski definition) is 1. The van der Waals surface area contributed by atoms with E-state index in [0.717, 1.165) is 23.5 Å². The van der Waals surface area contributed by atoms with Crippen molar-refractivity contribution in [2.24, 2.45) is 5.92 Å². The minimum absolute atomic E-state index is 0.0813. The zero-order valence-corrected chi connectivity index (χ0v) is 15.2. The minimum Gasteiger partial charge on any atom is -0.339 e. The quantitative estimate of drug-likeness (QED) is 0.853. The van der Waals surface area contributed by atoms with E-state index in [1.807, 2.05) is 36.1 Å². The van der Waals surface area contributed by atoms with Gasteiger partial charge in [-0.2, -0.15) is 0 Å². The molecule has 2 rings (SSSR count). The number of amides is 2. The molecule has 1 aromatic rings. The zero-order valence-electron chi connectivity index (χ0n) is 14.3. The molecule has 3 atom stereocenters. The fraction of sp³-hybridized carbons (Fsp3) is 0.556. The SMILES string of the molecule is CC(=O)Nc1ccc(S[C@H](C)C(=O)N2CCC[C@H](C)[C@@H]2C)cc1. The number of carbonyl (C=O) groups is 2. The maximum atomic E-state index is 12.7. The van der Waals surface area contributed by atoms with Gasteiger partial charge in [-0.3, -0.25) is 9.59 Å². The van der Waals surface area contributed by atoms with E-state index in [-0.39, 0.29) is 17.1 Å². The topological polar surface area (TPSA) is 49.4 Å². The molecular weight excluding hydrogens is 308 g/mol. The molecule has 0 bridgehead atoms. The Balaban J connectivity index is 1.96. The molecule has 0 saturated carbocycles. The van der Waals surface area contributed by atoms with Crippen LogP contribution < -0.4 is 5.32 Å². The second kappa shape index (κ2) is 7.86. The fourth-order valence-electron chi connectivity index (χ4n) is 2.95. The first-order chi connectivity index (χ1) is 10.9. The molecule has 5 heteroatoms. The number of rotatable bonds is 4. The van der Waals surface area contributed by atoms with Crippen LogP contribution in [0.4, 0.5) is 5.69 Å². The largest absolute Gasteiger partial charge is 0.339 e. The van der Waals surface area contributed by atoms with Gasteiger partial charge in [0.15, 0.2) is 0 Å². The Hall–Kier alpha value is -1.49. The average molecular weight is 334 g/mol. The van der Waals surface area contributed by atoms with Crippen molar-refractivity contribution in [1.29, 1.82) is 0 Å². The first-order valence-electron chi connectivity index (χ1n) is 8.23. The van der Waals surface area contributed by atoms with E-state index in [0.29, 0.717) is 12.0 Å². The van der Waals surface area contributed by atoms with Gasteiger partial charge in [-0.1, -0.05) is 6.92 Å². The fourth-order valence-corrected chi connectivity index (χ4v) is 3.89. The van der Waals surface area contributed by atoms with E-state index in [9.17, 15) is 9.59 Å². The van der Waals surface area contributed by atoms with Crippen molar-refractivity contribution in [3.05, 3.63) is 24.3 Å². The highest BCUT2D eigenvalue weighted by Gasteiger charge is 2.31. The Labute approximate surface area is 143 Å². The Kier molecular flexibility index (Phi) is 6.10. The van der Waals surface area contributed by atoms with Gasteiger partial charge in [0.25, 0.3) is 0 Å². The molecular formula is C18H26N2O2S. The van der Waals surface area contributed by atoms with Crippen molar-refractivity contribution in [3.63, 3.8) is 0 Å². The van der Waals surface area contributed by atoms with E-state index < -0.39 is 0 Å². The highest BCUT2D eigenvalue weighted by molar-refractivity contribution is 8.00. The van der Waals surface area contributed by atoms with Crippen LogP contribution in [0.1, 0.15) is 40.5 Å². The van der Waals surface area contributed by atoms with Crippen LogP contribution in [0.15, 0.2) is 29.2 Å². The Morgan fingerprint density at radius 3 is 2.52 bits per heavy atom. The molecule has 1 aromatic carbocycles. The number of benzene rings is 1. The Bertz CT molecular complexity index is 559. The highest BCUT2D eigenvalue weighted by Crippen LogP contribution is 2.29. The molecule has 1 fully saturated rings. The second-order valence-corrected chi connectivity index (χ2v) is 7.77. The number of carbonyl (C=O) groups excluding carboxylic acids is 2. The number of thioether (sulfide) groups is 1. The first-order valence-corrected chi connectivity index (χ1v) is 9.11. The van der Waals surface area contributed by atoms with E-state index in [2.05, 4.69) is 19.2 Å². The number of nitrogens with one attached hydrogen (secondary N) is 1. The monoisotopic (exact) mass is 334 g/mol. The third-order valence-electron chi connectivity index (χ3n) is 4.49. The number of hydrogen-bond acceptors (Lipinski definition) is 3. The predicted molar refractivity (Wildman–Crippen MR) is 95.6 cm³/mol. The normalized spacial score (nSPS) is 22.5. The van der Waals surface area contributed by atoms with Crippen LogP contribution in [0.2, 0.25) is 0 Å². The van der Waals surface area contributed by atoms with Gasteiger partial charge in [0.05, 0.1) is 5.25 Å². The third kappa shape index (κ3) is 4.74. The van der Waals surface area contributed by atoms with Crippen LogP contribution >= 0.6 is 11.8 Å². The van der Waals surface area contributed by atoms with Gasteiger partial charge in [0.2, 0.25) is 11.8 Å². The Morgan fingerprint density at radius 1 is 1.26 bits per heavy atom. The summed E-state index contributed by atoms with van der Waals surface area (Å²) in [6.07, 6.45) is 2.30. The summed E-state index contributed by atoms with van der Waals surface area (Å²) in [5, 5.41) is 2.64. The van der Waals surface area contributed by atoms with Gasteiger partial charge >= 0.3 is 0 Å². The summed E-state index contributed by atoms with van der Waals surface area (Å²) in [5.74, 6) is 0.712. The van der Waals surface area contributed by atoms with Crippen LogP contribution in [0.25, 0.3) is 0 Å². The van der Waals surface area contributed by atoms with Crippen LogP contribution in [0, 0.1) is 5.92 Å². The predicted octanol–water partition coefficient (Wildman–Crippen LogP) is 3.77. The zero-order chi connectivity index (χ0) is 17.0. The van der Waals surface area contributed by atoms with Crippen molar-refractivity contribution in [3.8, 4) is 0 Å². The summed E-state index contributed by atoms with van der Waals surface area (Å²) in [4.78, 5) is 26.8. The summed E-state index contributed by atoms with van der Waals surface area (Å²) >= 11 is 1.57. The average Bonchev–Trinajstić information content (AvgIpc) is 2.50. The number of nitrogens with zero attached hydrogens (tertiary/aromatic N) is 1. The molecule has 0 spiro atoms. The van der Waals surface area contributed by atoms with Gasteiger partial charge in [0, 0.05) is 30.1 Å². The Morgan fingerprint density at radius 2 is 1.91 bits per heavy atom. The van der Waals surface area contributed by atoms with Crippen LogP contribution in [-0.4, -0.2) is 34.6 Å². The lowest BCUT2D eigenvalue weighted by Gasteiger charge is -2.39. The molecule has 1 heterocycles. The van der Waals surface area contributed by atoms with Crippen molar-refractivity contribution >= 4 is 29.3 Å². The smallest absolute Gasteiger partial charge is 0.236 e. The van der Waals surface area contributed by atoms with Crippen molar-refractivity contribution in [1.82, 2.24) is 4.90 Å². The molecule has 23 heavy (non-hydrogen) atoms. The number of anilines is 1. The number of likely N-dealkylation sites (tertiary alicyclic amines) is 1. The van der Waals surface area contributed by atoms with Crippen LogP contribution in [-0.2, 0) is 9.59 Å². The van der Waals surface area contributed by atoms with Gasteiger partial charge in [-0.25, -0.2) is 0 Å². The molecule has 0 unspecified atom stereocenters. The summed E-state index contributed by atoms with van der Waals surface area (Å²) in [6, 6.07) is 7.95. The third-order valence-corrected chi connectivity index (χ3v) is 5.59. The van der Waals surface area contributed by atoms with Crippen molar-refractivity contribution < 1.29 is 9.59 Å². The molecule has 1 aliphatic rings. The van der Waals surface area contributed by atoms with Crippen molar-refractivity contribution in [2.75, 3.05) is 11.9 Å². The summed E-state index contributed by atoms with van der Waals surface area (Å²) < 4.78 is 0. The van der Waals surface area contributed by atoms with E-state index >= 15 is 0 Å². The van der Waals surface area contributed by atoms with Crippen molar-refractivity contribution in [2.45, 2.75) is 56.7 Å². The second-order valence-electron chi connectivity index (χ2n) is 6.36. The summed E-state index contributed by atoms with van der Waals surface area (Å²) in [6.45, 7) is 8.71. The molecule has 4 nitrogen and oxygen atoms in total. The molecule has 0 radical (unpaired) electrons. The van der Waals surface area contributed by atoms with Gasteiger partial charge in [0.1, 0.15) is 0 Å². The molecule has 1 saturated heterocycles. The number of piperidine rings is 1. The first kappa shape index (κ1) is 17.9. The summed E-state index contributed by atoms with van der Waals surface area (Å²) in [5.41, 5.74) is 0.777.